The van der Waals surface area contributed by atoms with Gasteiger partial charge in [-0.2, -0.15) is 0 Å². The SMILES string of the molecule is CCN1CCN(Cc2cccc(OCc3ccccc3)c2Br)CC1. The fourth-order valence-corrected chi connectivity index (χ4v) is 3.53. The number of nitrogens with zero attached hydrogens (tertiary/aromatic N) is 2. The number of piperazine rings is 1. The van der Waals surface area contributed by atoms with Crippen LogP contribution < -0.4 is 4.74 Å². The van der Waals surface area contributed by atoms with Gasteiger partial charge in [0.05, 0.1) is 4.47 Å². The van der Waals surface area contributed by atoms with E-state index in [4.69, 9.17) is 4.74 Å². The summed E-state index contributed by atoms with van der Waals surface area (Å²) < 4.78 is 7.10. The molecule has 0 saturated carbocycles. The Labute approximate surface area is 153 Å². The van der Waals surface area contributed by atoms with Crippen LogP contribution in [0.5, 0.6) is 5.75 Å². The van der Waals surface area contributed by atoms with Crippen molar-refractivity contribution in [2.45, 2.75) is 20.1 Å². The molecule has 1 heterocycles. The van der Waals surface area contributed by atoms with Gasteiger partial charge in [-0.1, -0.05) is 49.4 Å². The van der Waals surface area contributed by atoms with Crippen LogP contribution in [0.2, 0.25) is 0 Å². The summed E-state index contributed by atoms with van der Waals surface area (Å²) in [6, 6.07) is 16.6. The highest BCUT2D eigenvalue weighted by atomic mass is 79.9. The van der Waals surface area contributed by atoms with Gasteiger partial charge in [-0.05, 0) is 39.7 Å². The van der Waals surface area contributed by atoms with E-state index >= 15 is 0 Å². The van der Waals surface area contributed by atoms with Crippen molar-refractivity contribution in [3.05, 3.63) is 64.1 Å². The lowest BCUT2D eigenvalue weighted by atomic mass is 10.2. The Morgan fingerprint density at radius 1 is 0.917 bits per heavy atom. The summed E-state index contributed by atoms with van der Waals surface area (Å²) in [7, 11) is 0. The largest absolute Gasteiger partial charge is 0.488 e. The van der Waals surface area contributed by atoms with Crippen LogP contribution in [0, 0.1) is 0 Å². The molecular formula is C20H25BrN2O. The second-order valence-electron chi connectivity index (χ2n) is 6.21. The maximum atomic E-state index is 6.01. The number of hydrogen-bond donors (Lipinski definition) is 0. The smallest absolute Gasteiger partial charge is 0.134 e. The van der Waals surface area contributed by atoms with E-state index in [9.17, 15) is 0 Å². The first-order valence-electron chi connectivity index (χ1n) is 8.65. The van der Waals surface area contributed by atoms with Crippen LogP contribution in [0.15, 0.2) is 53.0 Å². The van der Waals surface area contributed by atoms with Crippen molar-refractivity contribution in [1.82, 2.24) is 9.80 Å². The molecule has 2 aromatic carbocycles. The quantitative estimate of drug-likeness (QED) is 0.738. The third-order valence-corrected chi connectivity index (χ3v) is 5.49. The predicted molar refractivity (Wildman–Crippen MR) is 102 cm³/mol. The van der Waals surface area contributed by atoms with Gasteiger partial charge in [0.25, 0.3) is 0 Å². The van der Waals surface area contributed by atoms with Gasteiger partial charge >= 0.3 is 0 Å². The molecule has 1 aliphatic rings. The molecule has 0 N–H and O–H groups in total. The van der Waals surface area contributed by atoms with Crippen LogP contribution in [0.25, 0.3) is 0 Å². The lowest BCUT2D eigenvalue weighted by Gasteiger charge is -2.34. The summed E-state index contributed by atoms with van der Waals surface area (Å²) in [4.78, 5) is 5.03. The van der Waals surface area contributed by atoms with Crippen molar-refractivity contribution in [3.63, 3.8) is 0 Å². The normalized spacial score (nSPS) is 16.2. The Balaban J connectivity index is 1.61. The van der Waals surface area contributed by atoms with E-state index < -0.39 is 0 Å². The molecule has 0 atom stereocenters. The molecule has 1 fully saturated rings. The van der Waals surface area contributed by atoms with Gasteiger partial charge in [0.2, 0.25) is 0 Å². The molecular weight excluding hydrogens is 364 g/mol. The molecule has 0 amide bonds. The van der Waals surface area contributed by atoms with Gasteiger partial charge in [-0.3, -0.25) is 4.90 Å². The highest BCUT2D eigenvalue weighted by molar-refractivity contribution is 9.10. The van der Waals surface area contributed by atoms with Crippen LogP contribution in [0.4, 0.5) is 0 Å². The Hall–Kier alpha value is -1.36. The van der Waals surface area contributed by atoms with Crippen molar-refractivity contribution in [2.75, 3.05) is 32.7 Å². The molecule has 3 nitrogen and oxygen atoms in total. The van der Waals surface area contributed by atoms with Crippen LogP contribution in [0.3, 0.4) is 0 Å². The number of likely N-dealkylation sites (N-methyl/N-ethyl adjacent to an activating group) is 1. The summed E-state index contributed by atoms with van der Waals surface area (Å²) in [5.41, 5.74) is 2.48. The van der Waals surface area contributed by atoms with E-state index in [1.165, 1.54) is 11.1 Å². The van der Waals surface area contributed by atoms with Crippen molar-refractivity contribution in [3.8, 4) is 5.75 Å². The van der Waals surface area contributed by atoms with Gasteiger partial charge in [0, 0.05) is 32.7 Å². The molecule has 0 bridgehead atoms. The monoisotopic (exact) mass is 388 g/mol. The molecule has 0 aliphatic carbocycles. The lowest BCUT2D eigenvalue weighted by Crippen LogP contribution is -2.45. The van der Waals surface area contributed by atoms with Crippen LogP contribution in [0.1, 0.15) is 18.1 Å². The van der Waals surface area contributed by atoms with Crippen LogP contribution in [-0.2, 0) is 13.2 Å². The van der Waals surface area contributed by atoms with E-state index in [0.29, 0.717) is 6.61 Å². The molecule has 0 spiro atoms. The maximum absolute atomic E-state index is 6.01. The molecule has 0 aromatic heterocycles. The Morgan fingerprint density at radius 3 is 2.33 bits per heavy atom. The minimum absolute atomic E-state index is 0.595. The van der Waals surface area contributed by atoms with E-state index in [-0.39, 0.29) is 0 Å². The summed E-state index contributed by atoms with van der Waals surface area (Å²) in [6.45, 7) is 9.56. The third-order valence-electron chi connectivity index (χ3n) is 4.59. The van der Waals surface area contributed by atoms with Crippen LogP contribution >= 0.6 is 15.9 Å². The minimum atomic E-state index is 0.595. The second kappa shape index (κ2) is 8.65. The number of ether oxygens (including phenoxy) is 1. The highest BCUT2D eigenvalue weighted by Gasteiger charge is 2.17. The summed E-state index contributed by atoms with van der Waals surface area (Å²) in [6.07, 6.45) is 0. The van der Waals surface area contributed by atoms with Gasteiger partial charge in [-0.15, -0.1) is 0 Å². The van der Waals surface area contributed by atoms with Crippen molar-refractivity contribution < 1.29 is 4.74 Å². The topological polar surface area (TPSA) is 15.7 Å². The first-order chi connectivity index (χ1) is 11.8. The van der Waals surface area contributed by atoms with Crippen molar-refractivity contribution in [1.29, 1.82) is 0 Å². The van der Waals surface area contributed by atoms with Gasteiger partial charge < -0.3 is 9.64 Å². The molecule has 3 rings (SSSR count). The predicted octanol–water partition coefficient (Wildman–Crippen LogP) is 4.17. The number of benzene rings is 2. The number of halogens is 1. The maximum Gasteiger partial charge on any atom is 0.134 e. The van der Waals surface area contributed by atoms with E-state index in [0.717, 1.165) is 49.5 Å². The standard InChI is InChI=1S/C20H25BrN2O/c1-2-22-11-13-23(14-12-22)15-18-9-6-10-19(20(18)21)24-16-17-7-4-3-5-8-17/h3-10H,2,11-16H2,1H3. The molecule has 1 aliphatic heterocycles. The van der Waals surface area contributed by atoms with E-state index in [1.54, 1.807) is 0 Å². The van der Waals surface area contributed by atoms with Gasteiger partial charge in [0.1, 0.15) is 12.4 Å². The van der Waals surface area contributed by atoms with Crippen molar-refractivity contribution >= 4 is 15.9 Å². The molecule has 24 heavy (non-hydrogen) atoms. The zero-order chi connectivity index (χ0) is 16.8. The van der Waals surface area contributed by atoms with Crippen LogP contribution in [-0.4, -0.2) is 42.5 Å². The fourth-order valence-electron chi connectivity index (χ4n) is 3.03. The highest BCUT2D eigenvalue weighted by Crippen LogP contribution is 2.30. The van der Waals surface area contributed by atoms with E-state index in [2.05, 4.69) is 56.9 Å². The average molecular weight is 389 g/mol. The fraction of sp³-hybridized carbons (Fsp3) is 0.400. The Morgan fingerprint density at radius 2 is 1.62 bits per heavy atom. The first kappa shape index (κ1) is 17.5. The zero-order valence-corrected chi connectivity index (χ0v) is 15.8. The summed E-state index contributed by atoms with van der Waals surface area (Å²) in [5, 5.41) is 0. The molecule has 1 saturated heterocycles. The zero-order valence-electron chi connectivity index (χ0n) is 14.2. The number of rotatable bonds is 6. The lowest BCUT2D eigenvalue weighted by molar-refractivity contribution is 0.131. The Bertz CT molecular complexity index is 639. The van der Waals surface area contributed by atoms with E-state index in [1.807, 2.05) is 24.3 Å². The molecule has 0 unspecified atom stereocenters. The number of hydrogen-bond acceptors (Lipinski definition) is 3. The van der Waals surface area contributed by atoms with Gasteiger partial charge in [0.15, 0.2) is 0 Å². The molecule has 128 valence electrons. The molecule has 2 aromatic rings. The summed E-state index contributed by atoms with van der Waals surface area (Å²) in [5.74, 6) is 0.920. The molecule has 0 radical (unpaired) electrons. The average Bonchev–Trinajstić information content (AvgIpc) is 2.64. The van der Waals surface area contributed by atoms with Crippen molar-refractivity contribution in [2.24, 2.45) is 0 Å². The third kappa shape index (κ3) is 4.59. The van der Waals surface area contributed by atoms with Gasteiger partial charge in [-0.25, -0.2) is 0 Å². The Kier molecular flexibility index (Phi) is 6.30. The minimum Gasteiger partial charge on any atom is -0.488 e. The summed E-state index contributed by atoms with van der Waals surface area (Å²) >= 11 is 3.75. The first-order valence-corrected chi connectivity index (χ1v) is 9.44. The molecule has 4 heteroatoms. The second-order valence-corrected chi connectivity index (χ2v) is 7.01.